The molecule has 0 fully saturated rings. The summed E-state index contributed by atoms with van der Waals surface area (Å²) in [4.78, 5) is 7.01. The first kappa shape index (κ1) is 11.0. The van der Waals surface area contributed by atoms with Crippen LogP contribution in [0.5, 0.6) is 0 Å². The van der Waals surface area contributed by atoms with Crippen molar-refractivity contribution in [2.75, 3.05) is 25.1 Å². The van der Waals surface area contributed by atoms with E-state index in [4.69, 9.17) is 4.74 Å². The zero-order valence-corrected chi connectivity index (χ0v) is 8.92. The summed E-state index contributed by atoms with van der Waals surface area (Å²) in [6.45, 7) is 6.77. The summed E-state index contributed by atoms with van der Waals surface area (Å²) in [5.74, 6) is 1.52. The third kappa shape index (κ3) is 4.87. The maximum absolute atomic E-state index is 5.44. The molecule has 0 spiro atoms. The lowest BCUT2D eigenvalue weighted by molar-refractivity contribution is 0.132. The molecule has 2 N–H and O–H groups in total. The Hall–Kier alpha value is -1.03. The van der Waals surface area contributed by atoms with E-state index in [1.807, 2.05) is 0 Å². The van der Waals surface area contributed by atoms with E-state index >= 15 is 0 Å². The van der Waals surface area contributed by atoms with Gasteiger partial charge in [0, 0.05) is 25.5 Å². The summed E-state index contributed by atoms with van der Waals surface area (Å²) in [7, 11) is 0. The number of imidazole rings is 1. The molecule has 0 saturated carbocycles. The van der Waals surface area contributed by atoms with E-state index in [2.05, 4.69) is 29.1 Å². The maximum Gasteiger partial charge on any atom is 0.200 e. The number of hydrogen-bond donors (Lipinski definition) is 2. The van der Waals surface area contributed by atoms with E-state index in [0.717, 1.165) is 32.1 Å². The minimum atomic E-state index is 0.716. The van der Waals surface area contributed by atoms with Gasteiger partial charge in [0.05, 0.1) is 6.61 Å². The monoisotopic (exact) mass is 197 g/mol. The van der Waals surface area contributed by atoms with Gasteiger partial charge in [0.1, 0.15) is 0 Å². The minimum Gasteiger partial charge on any atom is -0.380 e. The smallest absolute Gasteiger partial charge is 0.200 e. The predicted octanol–water partition coefficient (Wildman–Crippen LogP) is 1.88. The number of nitrogens with zero attached hydrogens (tertiary/aromatic N) is 1. The third-order valence-electron chi connectivity index (χ3n) is 1.88. The molecular weight excluding hydrogens is 178 g/mol. The van der Waals surface area contributed by atoms with Crippen LogP contribution in [0.4, 0.5) is 5.95 Å². The van der Waals surface area contributed by atoms with Gasteiger partial charge in [-0.3, -0.25) is 0 Å². The molecule has 0 saturated heterocycles. The number of H-pyrrole nitrogens is 1. The second-order valence-electron chi connectivity index (χ2n) is 3.66. The normalized spacial score (nSPS) is 10.8. The number of hydrogen-bond acceptors (Lipinski definition) is 3. The molecule has 14 heavy (non-hydrogen) atoms. The Bertz CT molecular complexity index is 221. The van der Waals surface area contributed by atoms with Crippen LogP contribution in [0.3, 0.4) is 0 Å². The van der Waals surface area contributed by atoms with Gasteiger partial charge >= 0.3 is 0 Å². The molecule has 0 amide bonds. The lowest BCUT2D eigenvalue weighted by Crippen LogP contribution is -2.11. The molecule has 0 aromatic carbocycles. The zero-order chi connectivity index (χ0) is 10.2. The van der Waals surface area contributed by atoms with Crippen molar-refractivity contribution in [1.82, 2.24) is 9.97 Å². The minimum absolute atomic E-state index is 0.716. The van der Waals surface area contributed by atoms with Gasteiger partial charge in [-0.25, -0.2) is 4.98 Å². The molecule has 0 bridgehead atoms. The highest BCUT2D eigenvalue weighted by molar-refractivity contribution is 5.22. The van der Waals surface area contributed by atoms with Crippen LogP contribution < -0.4 is 5.32 Å². The average Bonchev–Trinajstić information content (AvgIpc) is 2.63. The highest BCUT2D eigenvalue weighted by atomic mass is 16.5. The molecule has 0 atom stereocenters. The summed E-state index contributed by atoms with van der Waals surface area (Å²) in [6, 6.07) is 0. The molecule has 4 heteroatoms. The van der Waals surface area contributed by atoms with Crippen molar-refractivity contribution in [2.24, 2.45) is 5.92 Å². The number of anilines is 1. The van der Waals surface area contributed by atoms with E-state index in [1.54, 1.807) is 12.4 Å². The highest BCUT2D eigenvalue weighted by Crippen LogP contribution is 1.98. The Kier molecular flexibility index (Phi) is 5.07. The molecule has 1 rings (SSSR count). The van der Waals surface area contributed by atoms with E-state index in [-0.39, 0.29) is 0 Å². The Morgan fingerprint density at radius 1 is 1.50 bits per heavy atom. The van der Waals surface area contributed by atoms with Crippen LogP contribution in [-0.2, 0) is 4.74 Å². The Balaban J connectivity index is 1.90. The fourth-order valence-electron chi connectivity index (χ4n) is 1.02. The third-order valence-corrected chi connectivity index (χ3v) is 1.88. The zero-order valence-electron chi connectivity index (χ0n) is 8.92. The fourth-order valence-corrected chi connectivity index (χ4v) is 1.02. The molecule has 80 valence electrons. The van der Waals surface area contributed by atoms with Gasteiger partial charge in [0.25, 0.3) is 0 Å². The van der Waals surface area contributed by atoms with Gasteiger partial charge in [-0.1, -0.05) is 13.8 Å². The summed E-state index contributed by atoms with van der Waals surface area (Å²) in [5, 5.41) is 3.12. The Labute approximate surface area is 85.1 Å². The Morgan fingerprint density at radius 2 is 2.36 bits per heavy atom. The number of nitrogens with one attached hydrogen (secondary N) is 2. The lowest BCUT2D eigenvalue weighted by Gasteiger charge is -2.06. The first-order chi connectivity index (χ1) is 6.79. The molecule has 0 unspecified atom stereocenters. The quantitative estimate of drug-likeness (QED) is 0.656. The summed E-state index contributed by atoms with van der Waals surface area (Å²) in [5.41, 5.74) is 0. The second-order valence-corrected chi connectivity index (χ2v) is 3.66. The van der Waals surface area contributed by atoms with Crippen LogP contribution in [0.15, 0.2) is 12.4 Å². The van der Waals surface area contributed by atoms with Crippen molar-refractivity contribution in [2.45, 2.75) is 20.3 Å². The number of aromatic nitrogens is 2. The molecule has 0 aliphatic rings. The van der Waals surface area contributed by atoms with E-state index in [9.17, 15) is 0 Å². The fraction of sp³-hybridized carbons (Fsp3) is 0.700. The molecule has 0 aliphatic carbocycles. The van der Waals surface area contributed by atoms with Crippen molar-refractivity contribution in [3.05, 3.63) is 12.4 Å². The van der Waals surface area contributed by atoms with Crippen LogP contribution in [-0.4, -0.2) is 29.7 Å². The average molecular weight is 197 g/mol. The summed E-state index contributed by atoms with van der Waals surface area (Å²) in [6.07, 6.45) is 4.64. The molecule has 0 aliphatic heterocycles. The van der Waals surface area contributed by atoms with Crippen LogP contribution in [0, 0.1) is 5.92 Å². The summed E-state index contributed by atoms with van der Waals surface area (Å²) >= 11 is 0. The van der Waals surface area contributed by atoms with Crippen LogP contribution in [0.25, 0.3) is 0 Å². The van der Waals surface area contributed by atoms with Gasteiger partial charge < -0.3 is 15.0 Å². The highest BCUT2D eigenvalue weighted by Gasteiger charge is 1.94. The molecule has 1 heterocycles. The van der Waals surface area contributed by atoms with Crippen molar-refractivity contribution < 1.29 is 4.74 Å². The summed E-state index contributed by atoms with van der Waals surface area (Å²) < 4.78 is 5.44. The molecule has 1 aromatic rings. The topological polar surface area (TPSA) is 49.9 Å². The SMILES string of the molecule is CC(C)CCOCCNc1ncc[nH]1. The van der Waals surface area contributed by atoms with Crippen LogP contribution >= 0.6 is 0 Å². The number of ether oxygens (including phenoxy) is 1. The molecule has 4 nitrogen and oxygen atoms in total. The van der Waals surface area contributed by atoms with Gasteiger partial charge in [0.2, 0.25) is 0 Å². The van der Waals surface area contributed by atoms with Crippen LogP contribution in [0.2, 0.25) is 0 Å². The number of aromatic amines is 1. The van der Waals surface area contributed by atoms with E-state index in [1.165, 1.54) is 0 Å². The van der Waals surface area contributed by atoms with Crippen molar-refractivity contribution in [3.63, 3.8) is 0 Å². The first-order valence-corrected chi connectivity index (χ1v) is 5.10. The maximum atomic E-state index is 5.44. The largest absolute Gasteiger partial charge is 0.380 e. The number of rotatable bonds is 7. The van der Waals surface area contributed by atoms with Crippen molar-refractivity contribution >= 4 is 5.95 Å². The predicted molar refractivity (Wildman–Crippen MR) is 57.4 cm³/mol. The van der Waals surface area contributed by atoms with E-state index in [0.29, 0.717) is 5.92 Å². The lowest BCUT2D eigenvalue weighted by atomic mass is 10.1. The standard InChI is InChI=1S/C10H19N3O/c1-9(2)3-7-14-8-6-13-10-11-4-5-12-10/h4-5,9H,3,6-8H2,1-2H3,(H2,11,12,13). The second kappa shape index (κ2) is 6.43. The molecule has 0 radical (unpaired) electrons. The molecule has 1 aromatic heterocycles. The van der Waals surface area contributed by atoms with Crippen molar-refractivity contribution in [3.8, 4) is 0 Å². The molecular formula is C10H19N3O. The van der Waals surface area contributed by atoms with Gasteiger partial charge in [-0.05, 0) is 12.3 Å². The van der Waals surface area contributed by atoms with Crippen LogP contribution in [0.1, 0.15) is 20.3 Å². The van der Waals surface area contributed by atoms with E-state index < -0.39 is 0 Å². The van der Waals surface area contributed by atoms with Gasteiger partial charge in [0.15, 0.2) is 5.95 Å². The van der Waals surface area contributed by atoms with Gasteiger partial charge in [-0.15, -0.1) is 0 Å². The Morgan fingerprint density at radius 3 is 3.00 bits per heavy atom. The van der Waals surface area contributed by atoms with Crippen molar-refractivity contribution in [1.29, 1.82) is 0 Å². The van der Waals surface area contributed by atoms with Gasteiger partial charge in [-0.2, -0.15) is 0 Å². The first-order valence-electron chi connectivity index (χ1n) is 5.10.